The fourth-order valence-electron chi connectivity index (χ4n) is 3.97. The Balaban J connectivity index is 0.000000157. The highest BCUT2D eigenvalue weighted by Gasteiger charge is 2.11. The van der Waals surface area contributed by atoms with E-state index in [1.807, 2.05) is 12.1 Å². The number of thiophene rings is 2. The molecule has 0 bridgehead atoms. The van der Waals surface area contributed by atoms with Gasteiger partial charge in [0.15, 0.2) is 0 Å². The standard InChI is InChI=1S/C13H11ClN2S.C12H9ClN2OS.CH3F/c1-2-3-8-4-5-10-9(6-8)11-12(14)15-7-16-13(11)17-10;13-11-10-8-5-7(3-4-16)1-2-9(8)17-12(10)15-6-14-11;1-2/h4-7H,2-3H2,1H3;1-2,5-6,16H,3-4H2;1H3/i;;1D. The third-order valence-corrected chi connectivity index (χ3v) is 8.24. The lowest BCUT2D eigenvalue weighted by molar-refractivity contribution is 0.299. The number of halogens is 3. The average molecular weight is 563 g/mol. The molecule has 0 unspecified atom stereocenters. The number of aromatic nitrogens is 4. The minimum atomic E-state index is -1.00. The van der Waals surface area contributed by atoms with Crippen LogP contribution in [0.4, 0.5) is 4.39 Å². The fraction of sp³-hybridized carbons (Fsp3) is 0.231. The SMILES string of the molecule is CCCc1ccc2sc3ncnc(Cl)c3c2c1.OCCc1ccc2sc3ncnc(Cl)c3c2c1.[2H]CF. The lowest BCUT2D eigenvalue weighted by atomic mass is 10.1. The van der Waals surface area contributed by atoms with Gasteiger partial charge in [0.25, 0.3) is 0 Å². The number of aliphatic hydroxyl groups excluding tert-OH is 1. The summed E-state index contributed by atoms with van der Waals surface area (Å²) in [5, 5.41) is 14.2. The molecule has 5 nitrogen and oxygen atoms in total. The summed E-state index contributed by atoms with van der Waals surface area (Å²) in [6, 6.07) is 12.7. The zero-order valence-electron chi connectivity index (χ0n) is 20.3. The quantitative estimate of drug-likeness (QED) is 0.220. The molecule has 1 N–H and O–H groups in total. The molecule has 6 aromatic rings. The van der Waals surface area contributed by atoms with Gasteiger partial charge in [0.05, 0.1) is 19.3 Å². The van der Waals surface area contributed by atoms with Crippen LogP contribution in [-0.4, -0.2) is 38.8 Å². The summed E-state index contributed by atoms with van der Waals surface area (Å²) in [5.41, 5.74) is 2.44. The molecule has 0 aliphatic carbocycles. The van der Waals surface area contributed by atoms with Crippen molar-refractivity contribution in [2.24, 2.45) is 0 Å². The average Bonchev–Trinajstić information content (AvgIpc) is 3.44. The van der Waals surface area contributed by atoms with Gasteiger partial charge in [-0.25, -0.2) is 19.9 Å². The van der Waals surface area contributed by atoms with Gasteiger partial charge in [0, 0.05) is 26.8 Å². The molecule has 10 heteroatoms. The molecule has 0 amide bonds. The van der Waals surface area contributed by atoms with Crippen LogP contribution in [0.15, 0.2) is 49.1 Å². The van der Waals surface area contributed by atoms with Crippen molar-refractivity contribution in [1.29, 1.82) is 0 Å². The Labute approximate surface area is 227 Å². The van der Waals surface area contributed by atoms with Gasteiger partial charge < -0.3 is 5.11 Å². The molecule has 186 valence electrons. The Morgan fingerprint density at radius 1 is 0.833 bits per heavy atom. The smallest absolute Gasteiger partial charge is 0.141 e. The predicted molar refractivity (Wildman–Crippen MR) is 152 cm³/mol. The lowest BCUT2D eigenvalue weighted by Gasteiger charge is -1.99. The molecule has 36 heavy (non-hydrogen) atoms. The Bertz CT molecular complexity index is 1540. The van der Waals surface area contributed by atoms with Crippen molar-refractivity contribution >= 4 is 86.5 Å². The first-order valence-electron chi connectivity index (χ1n) is 11.8. The molecule has 0 aliphatic rings. The third kappa shape index (κ3) is 5.43. The van der Waals surface area contributed by atoms with Crippen LogP contribution in [0.2, 0.25) is 10.3 Å². The maximum Gasteiger partial charge on any atom is 0.141 e. The topological polar surface area (TPSA) is 71.8 Å². The van der Waals surface area contributed by atoms with E-state index in [9.17, 15) is 4.39 Å². The van der Waals surface area contributed by atoms with E-state index >= 15 is 0 Å². The number of hydrogen-bond donors (Lipinski definition) is 1. The van der Waals surface area contributed by atoms with E-state index < -0.39 is 7.15 Å². The second kappa shape index (κ2) is 12.2. The minimum Gasteiger partial charge on any atom is -0.396 e. The van der Waals surface area contributed by atoms with E-state index in [4.69, 9.17) is 29.7 Å². The lowest BCUT2D eigenvalue weighted by Crippen LogP contribution is -1.89. The zero-order chi connectivity index (χ0) is 26.4. The number of aliphatic hydroxyl groups is 1. The van der Waals surface area contributed by atoms with Crippen LogP contribution in [0.1, 0.15) is 25.8 Å². The first-order valence-corrected chi connectivity index (χ1v) is 13.5. The molecular formula is C26H23Cl2FN4OS2. The van der Waals surface area contributed by atoms with E-state index in [0.29, 0.717) is 16.7 Å². The zero-order valence-corrected chi connectivity index (χ0v) is 22.5. The van der Waals surface area contributed by atoms with Gasteiger partial charge in [-0.05, 0) is 48.2 Å². The first-order chi connectivity index (χ1) is 18.0. The van der Waals surface area contributed by atoms with E-state index in [1.165, 1.54) is 28.3 Å². The Hall–Kier alpha value is -2.49. The van der Waals surface area contributed by atoms with E-state index in [2.05, 4.69) is 51.1 Å². The molecule has 0 saturated carbocycles. The number of aryl methyl sites for hydroxylation is 1. The normalized spacial score (nSPS) is 11.3. The van der Waals surface area contributed by atoms with Crippen molar-refractivity contribution in [2.75, 3.05) is 13.8 Å². The second-order valence-electron chi connectivity index (χ2n) is 7.78. The predicted octanol–water partition coefficient (Wildman–Crippen LogP) is 8.07. The van der Waals surface area contributed by atoms with Crippen LogP contribution in [0.25, 0.3) is 40.6 Å². The van der Waals surface area contributed by atoms with Crippen molar-refractivity contribution in [3.8, 4) is 0 Å². The number of alkyl halides is 1. The molecule has 0 fully saturated rings. The second-order valence-corrected chi connectivity index (χ2v) is 10.6. The monoisotopic (exact) mass is 561 g/mol. The largest absolute Gasteiger partial charge is 0.396 e. The molecule has 6 rings (SSSR count). The van der Waals surface area contributed by atoms with Crippen molar-refractivity contribution < 1.29 is 10.9 Å². The number of nitrogens with zero attached hydrogens (tertiary/aromatic N) is 4. The maximum atomic E-state index is 9.96. The number of benzene rings is 2. The molecule has 4 heterocycles. The minimum absolute atomic E-state index is 0.151. The van der Waals surface area contributed by atoms with E-state index in [1.54, 1.807) is 22.7 Å². The van der Waals surface area contributed by atoms with Crippen LogP contribution < -0.4 is 0 Å². The summed E-state index contributed by atoms with van der Waals surface area (Å²) in [4.78, 5) is 18.5. The summed E-state index contributed by atoms with van der Waals surface area (Å²) in [7, 11) is -1.00. The Morgan fingerprint density at radius 2 is 1.31 bits per heavy atom. The van der Waals surface area contributed by atoms with Crippen LogP contribution in [0.3, 0.4) is 0 Å². The van der Waals surface area contributed by atoms with Crippen LogP contribution in [0.5, 0.6) is 0 Å². The summed E-state index contributed by atoms with van der Waals surface area (Å²) in [6.07, 6.45) is 5.90. The molecule has 0 saturated heterocycles. The number of rotatable bonds is 4. The summed E-state index contributed by atoms with van der Waals surface area (Å²) < 4.78 is 17.9. The Morgan fingerprint density at radius 3 is 1.75 bits per heavy atom. The first kappa shape index (κ1) is 25.2. The molecule has 0 atom stereocenters. The van der Waals surface area contributed by atoms with E-state index in [0.717, 1.165) is 48.9 Å². The van der Waals surface area contributed by atoms with Gasteiger partial charge in [-0.2, -0.15) is 0 Å². The highest BCUT2D eigenvalue weighted by atomic mass is 35.5. The highest BCUT2D eigenvalue weighted by Crippen LogP contribution is 2.37. The third-order valence-electron chi connectivity index (χ3n) is 5.51. The van der Waals surface area contributed by atoms with Gasteiger partial charge in [-0.1, -0.05) is 48.7 Å². The van der Waals surface area contributed by atoms with Gasteiger partial charge in [0.2, 0.25) is 0 Å². The molecular weight excluding hydrogens is 538 g/mol. The van der Waals surface area contributed by atoms with Crippen molar-refractivity contribution in [3.05, 3.63) is 70.5 Å². The molecule has 0 spiro atoms. The molecule has 4 aromatic heterocycles. The van der Waals surface area contributed by atoms with E-state index in [-0.39, 0.29) is 6.61 Å². The van der Waals surface area contributed by atoms with Crippen LogP contribution in [-0.2, 0) is 12.8 Å². The van der Waals surface area contributed by atoms with Crippen LogP contribution in [0, 0.1) is 0 Å². The van der Waals surface area contributed by atoms with Crippen molar-refractivity contribution in [3.63, 3.8) is 0 Å². The molecule has 0 aliphatic heterocycles. The Kier molecular flexibility index (Phi) is 8.51. The van der Waals surface area contributed by atoms with Gasteiger partial charge in [0.1, 0.15) is 32.6 Å². The summed E-state index contributed by atoms with van der Waals surface area (Å²) in [6.45, 7) is 2.34. The van der Waals surface area contributed by atoms with Crippen LogP contribution >= 0.6 is 45.9 Å². The summed E-state index contributed by atoms with van der Waals surface area (Å²) in [5.74, 6) is 0. The van der Waals surface area contributed by atoms with Crippen molar-refractivity contribution in [2.45, 2.75) is 26.2 Å². The van der Waals surface area contributed by atoms with Crippen molar-refractivity contribution in [1.82, 2.24) is 19.9 Å². The fourth-order valence-corrected chi connectivity index (χ4v) is 6.60. The van der Waals surface area contributed by atoms with Gasteiger partial charge in [-0.3, -0.25) is 4.39 Å². The van der Waals surface area contributed by atoms with Gasteiger partial charge in [-0.15, -0.1) is 22.7 Å². The molecule has 0 radical (unpaired) electrons. The van der Waals surface area contributed by atoms with Gasteiger partial charge >= 0.3 is 0 Å². The molecule has 2 aromatic carbocycles. The highest BCUT2D eigenvalue weighted by molar-refractivity contribution is 7.26. The maximum absolute atomic E-state index is 9.96. The number of fused-ring (bicyclic) bond motifs is 6. The summed E-state index contributed by atoms with van der Waals surface area (Å²) >= 11 is 15.5. The number of hydrogen-bond acceptors (Lipinski definition) is 7.